The van der Waals surface area contributed by atoms with Crippen LogP contribution >= 0.6 is 0 Å². The summed E-state index contributed by atoms with van der Waals surface area (Å²) in [5.74, 6) is -2.46. The number of ketones is 2. The number of hydrogen-bond donors (Lipinski definition) is 0. The molecule has 0 N–H and O–H groups in total. The molecular formula is C32H52O10. The molecule has 2 unspecified atom stereocenters. The van der Waals surface area contributed by atoms with E-state index in [9.17, 15) is 28.8 Å². The monoisotopic (exact) mass is 596 g/mol. The number of ether oxygens (including phenoxy) is 4. The molecule has 0 aromatic rings. The lowest BCUT2D eigenvalue weighted by molar-refractivity contribution is -0.165. The predicted molar refractivity (Wildman–Crippen MR) is 159 cm³/mol. The van der Waals surface area contributed by atoms with E-state index in [2.05, 4.69) is 13.2 Å². The lowest BCUT2D eigenvalue weighted by Gasteiger charge is -2.35. The van der Waals surface area contributed by atoms with Crippen LogP contribution in [0.1, 0.15) is 95.9 Å². The molecule has 0 aliphatic rings. The maximum Gasteiger partial charge on any atom is 0.333 e. The van der Waals surface area contributed by atoms with Gasteiger partial charge in [0.15, 0.2) is 0 Å². The largest absolute Gasteiger partial charge is 0.465 e. The van der Waals surface area contributed by atoms with E-state index in [4.69, 9.17) is 18.9 Å². The Morgan fingerprint density at radius 3 is 1.29 bits per heavy atom. The van der Waals surface area contributed by atoms with Crippen molar-refractivity contribution in [2.24, 2.45) is 22.7 Å². The van der Waals surface area contributed by atoms with Gasteiger partial charge in [-0.15, -0.1) is 0 Å². The number of Topliss-reactive ketones (excluding diaryl/α,β-unsaturated/α-hetero) is 2. The molecular weight excluding hydrogens is 544 g/mol. The van der Waals surface area contributed by atoms with Crippen molar-refractivity contribution in [3.05, 3.63) is 24.3 Å². The molecule has 0 fully saturated rings. The first kappa shape index (κ1) is 40.8. The Hall–Kier alpha value is -3.30. The van der Waals surface area contributed by atoms with Gasteiger partial charge in [0, 0.05) is 22.0 Å². The topological polar surface area (TPSA) is 139 Å². The smallest absolute Gasteiger partial charge is 0.333 e. The molecule has 0 radical (unpaired) electrons. The summed E-state index contributed by atoms with van der Waals surface area (Å²) < 4.78 is 21.1. The summed E-state index contributed by atoms with van der Waals surface area (Å²) in [7, 11) is 0. The van der Waals surface area contributed by atoms with E-state index >= 15 is 0 Å². The Bertz CT molecular complexity index is 999. The molecule has 0 aliphatic carbocycles. The summed E-state index contributed by atoms with van der Waals surface area (Å²) in [4.78, 5) is 68.2. The van der Waals surface area contributed by atoms with Crippen molar-refractivity contribution in [2.75, 3.05) is 13.2 Å². The van der Waals surface area contributed by atoms with Gasteiger partial charge in [-0.2, -0.15) is 0 Å². The average molecular weight is 597 g/mol. The van der Waals surface area contributed by atoms with Crippen molar-refractivity contribution in [2.45, 2.75) is 108 Å². The third-order valence-electron chi connectivity index (χ3n) is 5.91. The van der Waals surface area contributed by atoms with Crippen molar-refractivity contribution >= 4 is 35.4 Å². The minimum atomic E-state index is -0.565. The normalized spacial score (nSPS) is 12.7. The molecule has 240 valence electrons. The molecule has 2 atom stereocenters. The Balaban J connectivity index is 0. The fourth-order valence-corrected chi connectivity index (χ4v) is 4.06. The number of esters is 4. The second kappa shape index (κ2) is 18.3. The molecule has 0 saturated heterocycles. The Kier molecular flexibility index (Phi) is 17.8. The zero-order valence-electron chi connectivity index (χ0n) is 27.6. The fourth-order valence-electron chi connectivity index (χ4n) is 4.06. The average Bonchev–Trinajstić information content (AvgIpc) is 2.81. The van der Waals surface area contributed by atoms with Gasteiger partial charge in [-0.05, 0) is 39.5 Å². The maximum atomic E-state index is 11.7. The second-order valence-corrected chi connectivity index (χ2v) is 12.8. The molecule has 0 amide bonds. The van der Waals surface area contributed by atoms with Crippen LogP contribution < -0.4 is 0 Å². The Labute approximate surface area is 251 Å². The Morgan fingerprint density at radius 1 is 0.571 bits per heavy atom. The molecule has 0 heterocycles. The zero-order chi connectivity index (χ0) is 33.6. The zero-order valence-corrected chi connectivity index (χ0v) is 27.6. The molecule has 10 heteroatoms. The van der Waals surface area contributed by atoms with Crippen LogP contribution in [0.4, 0.5) is 0 Å². The first-order chi connectivity index (χ1) is 18.9. The molecule has 42 heavy (non-hydrogen) atoms. The van der Waals surface area contributed by atoms with E-state index in [1.165, 1.54) is 13.8 Å². The van der Waals surface area contributed by atoms with Gasteiger partial charge in [-0.3, -0.25) is 19.2 Å². The molecule has 0 aromatic heterocycles. The van der Waals surface area contributed by atoms with Crippen LogP contribution in [0.25, 0.3) is 0 Å². The minimum Gasteiger partial charge on any atom is -0.465 e. The highest BCUT2D eigenvalue weighted by atomic mass is 16.6. The van der Waals surface area contributed by atoms with Gasteiger partial charge in [-0.1, -0.05) is 68.5 Å². The number of rotatable bonds is 16. The summed E-state index contributed by atoms with van der Waals surface area (Å²) in [6.07, 6.45) is -1.37. The number of hydrogen-bond acceptors (Lipinski definition) is 10. The molecule has 0 aromatic carbocycles. The first-order valence-corrected chi connectivity index (χ1v) is 14.0. The van der Waals surface area contributed by atoms with Crippen molar-refractivity contribution in [1.29, 1.82) is 0 Å². The highest BCUT2D eigenvalue weighted by molar-refractivity contribution is 5.94. The second-order valence-electron chi connectivity index (χ2n) is 12.8. The van der Waals surface area contributed by atoms with Crippen molar-refractivity contribution in [3.8, 4) is 0 Å². The maximum absolute atomic E-state index is 11.7. The molecule has 0 spiro atoms. The van der Waals surface area contributed by atoms with Crippen molar-refractivity contribution < 1.29 is 47.7 Å². The predicted octanol–water partition coefficient (Wildman–Crippen LogP) is 5.36. The summed E-state index contributed by atoms with van der Waals surface area (Å²) in [5.41, 5.74) is -0.484. The first-order valence-electron chi connectivity index (χ1n) is 14.0. The summed E-state index contributed by atoms with van der Waals surface area (Å²) in [5, 5.41) is 0. The molecule has 0 rings (SSSR count). The van der Waals surface area contributed by atoms with Crippen LogP contribution in [0.5, 0.6) is 0 Å². The molecule has 0 saturated carbocycles. The van der Waals surface area contributed by atoms with Crippen molar-refractivity contribution in [3.63, 3.8) is 0 Å². The van der Waals surface area contributed by atoms with Gasteiger partial charge < -0.3 is 18.9 Å². The van der Waals surface area contributed by atoms with E-state index in [1.807, 2.05) is 55.4 Å². The van der Waals surface area contributed by atoms with Crippen LogP contribution in [-0.2, 0) is 47.7 Å². The van der Waals surface area contributed by atoms with Crippen LogP contribution in [0.15, 0.2) is 24.3 Å². The van der Waals surface area contributed by atoms with Crippen LogP contribution in [0.2, 0.25) is 0 Å². The van der Waals surface area contributed by atoms with E-state index in [0.29, 0.717) is 11.1 Å². The van der Waals surface area contributed by atoms with Gasteiger partial charge in [0.05, 0.1) is 6.61 Å². The Morgan fingerprint density at radius 2 is 0.929 bits per heavy atom. The third-order valence-corrected chi connectivity index (χ3v) is 5.91. The quantitative estimate of drug-likeness (QED) is 0.0990. The standard InChI is InChI=1S/2C16H26O5/c1-10(2)14(21-13(18)8-12(5)17)16(6,7)9-20-15(19)11(3)4;1-10(2)14(21-15(19)11(3)4)16(6,7)9-20-13(18)8-12(5)17/h2*10,14H,3,8-9H2,1-2,4-7H3. The lowest BCUT2D eigenvalue weighted by Crippen LogP contribution is -2.42. The van der Waals surface area contributed by atoms with Crippen LogP contribution in [-0.4, -0.2) is 60.9 Å². The minimum absolute atomic E-state index is 0.0273. The fraction of sp³-hybridized carbons (Fsp3) is 0.688. The molecule has 10 nitrogen and oxygen atoms in total. The highest BCUT2D eigenvalue weighted by Crippen LogP contribution is 2.31. The summed E-state index contributed by atoms with van der Waals surface area (Å²) >= 11 is 0. The third kappa shape index (κ3) is 16.8. The van der Waals surface area contributed by atoms with Gasteiger partial charge in [0.1, 0.15) is 43.2 Å². The molecule has 0 bridgehead atoms. The highest BCUT2D eigenvalue weighted by Gasteiger charge is 2.38. The van der Waals surface area contributed by atoms with Crippen LogP contribution in [0, 0.1) is 22.7 Å². The van der Waals surface area contributed by atoms with Gasteiger partial charge in [0.25, 0.3) is 0 Å². The summed E-state index contributed by atoms with van der Waals surface area (Å²) in [6, 6.07) is 0. The van der Waals surface area contributed by atoms with E-state index in [0.717, 1.165) is 0 Å². The number of carbonyl (C=O) groups is 6. The lowest BCUT2D eigenvalue weighted by atomic mass is 9.81. The summed E-state index contributed by atoms with van der Waals surface area (Å²) in [6.45, 7) is 28.2. The number of carbonyl (C=O) groups excluding carboxylic acids is 6. The van der Waals surface area contributed by atoms with Gasteiger partial charge in [-0.25, -0.2) is 9.59 Å². The van der Waals surface area contributed by atoms with E-state index in [1.54, 1.807) is 13.8 Å². The van der Waals surface area contributed by atoms with Gasteiger partial charge in [0.2, 0.25) is 0 Å². The van der Waals surface area contributed by atoms with E-state index < -0.39 is 46.9 Å². The van der Waals surface area contributed by atoms with Crippen LogP contribution in [0.3, 0.4) is 0 Å². The molecule has 0 aliphatic heterocycles. The van der Waals surface area contributed by atoms with E-state index in [-0.39, 0.29) is 49.5 Å². The van der Waals surface area contributed by atoms with Crippen molar-refractivity contribution in [1.82, 2.24) is 0 Å². The SMILES string of the molecule is C=C(C)C(=O)OC(C(C)C)C(C)(C)COC(=O)CC(C)=O.C=C(C)C(=O)OCC(C)(C)C(OC(=O)CC(C)=O)C(C)C. The van der Waals surface area contributed by atoms with Gasteiger partial charge >= 0.3 is 23.9 Å².